The van der Waals surface area contributed by atoms with Crippen molar-refractivity contribution in [3.05, 3.63) is 12.0 Å². The van der Waals surface area contributed by atoms with Gasteiger partial charge in [0.1, 0.15) is 0 Å². The molecule has 1 aliphatic rings. The van der Waals surface area contributed by atoms with Gasteiger partial charge in [0.15, 0.2) is 5.88 Å². The predicted molar refractivity (Wildman–Crippen MR) is 32.3 cm³/mol. The summed E-state index contributed by atoms with van der Waals surface area (Å²) in [5.41, 5.74) is 0. The highest BCUT2D eigenvalue weighted by Crippen LogP contribution is 2.10. The highest BCUT2D eigenvalue weighted by Gasteiger charge is 2.08. The second-order valence-electron chi connectivity index (χ2n) is 1.96. The largest absolute Gasteiger partial charge is 0.483 e. The molecule has 0 spiro atoms. The molecule has 2 nitrogen and oxygen atoms in total. The molecule has 0 radical (unpaired) electrons. The van der Waals surface area contributed by atoms with Gasteiger partial charge in [-0.1, -0.05) is 0 Å². The van der Waals surface area contributed by atoms with Crippen LogP contribution in [0.15, 0.2) is 12.0 Å². The van der Waals surface area contributed by atoms with Crippen LogP contribution in [0.2, 0.25) is 0 Å². The Morgan fingerprint density at radius 1 is 1.75 bits per heavy atom. The van der Waals surface area contributed by atoms with E-state index >= 15 is 0 Å². The first kappa shape index (κ1) is 5.48. The van der Waals surface area contributed by atoms with Crippen molar-refractivity contribution in [3.63, 3.8) is 0 Å². The topological polar surface area (TPSA) is 12.5 Å². The van der Waals surface area contributed by atoms with E-state index in [9.17, 15) is 0 Å². The Morgan fingerprint density at radius 3 is 2.75 bits per heavy atom. The van der Waals surface area contributed by atoms with Crippen LogP contribution in [0.1, 0.15) is 6.42 Å². The number of methoxy groups -OCH3 is 1. The van der Waals surface area contributed by atoms with E-state index in [1.807, 2.05) is 7.05 Å². The molecule has 1 aliphatic heterocycles. The van der Waals surface area contributed by atoms with Gasteiger partial charge < -0.3 is 9.64 Å². The van der Waals surface area contributed by atoms with Gasteiger partial charge in [-0.05, 0) is 12.5 Å². The van der Waals surface area contributed by atoms with Gasteiger partial charge in [-0.2, -0.15) is 0 Å². The normalized spacial score (nSPS) is 18.8. The van der Waals surface area contributed by atoms with E-state index in [0.717, 1.165) is 18.8 Å². The molecule has 0 aromatic heterocycles. The predicted octanol–water partition coefficient (Wildman–Crippen LogP) is 0.810. The van der Waals surface area contributed by atoms with E-state index in [-0.39, 0.29) is 0 Å². The second kappa shape index (κ2) is 2.07. The first-order chi connectivity index (χ1) is 3.84. The maximum absolute atomic E-state index is 5.01. The molecule has 46 valence electrons. The molecular weight excluding hydrogens is 102 g/mol. The Labute approximate surface area is 49.7 Å². The van der Waals surface area contributed by atoms with Crippen LogP contribution in [0.25, 0.3) is 0 Å². The molecule has 0 aromatic rings. The van der Waals surface area contributed by atoms with Crippen LogP contribution in [-0.4, -0.2) is 25.6 Å². The van der Waals surface area contributed by atoms with Crippen molar-refractivity contribution in [2.75, 3.05) is 20.7 Å². The number of ether oxygens (including phenoxy) is 1. The van der Waals surface area contributed by atoms with Crippen LogP contribution in [0.3, 0.4) is 0 Å². The maximum Gasteiger partial charge on any atom is 0.184 e. The van der Waals surface area contributed by atoms with E-state index in [1.54, 1.807) is 7.11 Å². The zero-order chi connectivity index (χ0) is 5.98. The van der Waals surface area contributed by atoms with Crippen LogP contribution in [0, 0.1) is 0 Å². The fourth-order valence-electron chi connectivity index (χ4n) is 0.887. The van der Waals surface area contributed by atoms with Gasteiger partial charge in [-0.3, -0.25) is 0 Å². The number of hydrogen-bond acceptors (Lipinski definition) is 2. The van der Waals surface area contributed by atoms with Gasteiger partial charge in [0.05, 0.1) is 7.11 Å². The van der Waals surface area contributed by atoms with Crippen molar-refractivity contribution in [1.29, 1.82) is 0 Å². The van der Waals surface area contributed by atoms with Gasteiger partial charge in [0, 0.05) is 13.6 Å². The number of rotatable bonds is 1. The smallest absolute Gasteiger partial charge is 0.184 e. The van der Waals surface area contributed by atoms with Crippen molar-refractivity contribution >= 4 is 0 Å². The molecule has 0 saturated heterocycles. The van der Waals surface area contributed by atoms with Crippen LogP contribution in [-0.2, 0) is 4.74 Å². The summed E-state index contributed by atoms with van der Waals surface area (Å²) in [5.74, 6) is 1.00. The monoisotopic (exact) mass is 113 g/mol. The summed E-state index contributed by atoms with van der Waals surface area (Å²) in [6.45, 7) is 1.10. The molecule has 0 atom stereocenters. The van der Waals surface area contributed by atoms with Crippen molar-refractivity contribution < 1.29 is 4.74 Å². The van der Waals surface area contributed by atoms with Crippen LogP contribution < -0.4 is 0 Å². The summed E-state index contributed by atoms with van der Waals surface area (Å²) >= 11 is 0. The van der Waals surface area contributed by atoms with E-state index in [1.165, 1.54) is 0 Å². The van der Waals surface area contributed by atoms with Gasteiger partial charge in [0.2, 0.25) is 0 Å². The molecule has 0 saturated carbocycles. The summed E-state index contributed by atoms with van der Waals surface area (Å²) in [6, 6.07) is 0. The van der Waals surface area contributed by atoms with E-state index in [4.69, 9.17) is 4.74 Å². The molecule has 0 amide bonds. The minimum absolute atomic E-state index is 1.00. The molecule has 1 rings (SSSR count). The SMILES string of the molecule is COC1=CCCN1C. The standard InChI is InChI=1S/C6H11NO/c1-7-5-3-4-6(7)8-2/h4H,3,5H2,1-2H3. The summed E-state index contributed by atoms with van der Waals surface area (Å²) < 4.78 is 5.01. The first-order valence-electron chi connectivity index (χ1n) is 2.80. The Kier molecular flexibility index (Phi) is 1.42. The lowest BCUT2D eigenvalue weighted by atomic mass is 10.5. The molecule has 8 heavy (non-hydrogen) atoms. The molecule has 2 heteroatoms. The molecule has 0 aromatic carbocycles. The Bertz CT molecular complexity index is 109. The van der Waals surface area contributed by atoms with Crippen molar-refractivity contribution in [2.24, 2.45) is 0 Å². The van der Waals surface area contributed by atoms with Gasteiger partial charge in [0.25, 0.3) is 0 Å². The third-order valence-electron chi connectivity index (χ3n) is 1.37. The highest BCUT2D eigenvalue weighted by atomic mass is 16.5. The average Bonchev–Trinajstić information content (AvgIpc) is 2.14. The Hall–Kier alpha value is -0.660. The first-order valence-corrected chi connectivity index (χ1v) is 2.80. The van der Waals surface area contributed by atoms with Crippen LogP contribution in [0.5, 0.6) is 0 Å². The van der Waals surface area contributed by atoms with Crippen molar-refractivity contribution in [1.82, 2.24) is 4.90 Å². The molecule has 0 bridgehead atoms. The molecule has 1 heterocycles. The van der Waals surface area contributed by atoms with Crippen molar-refractivity contribution in [2.45, 2.75) is 6.42 Å². The van der Waals surface area contributed by atoms with Gasteiger partial charge in [-0.15, -0.1) is 0 Å². The molecule has 0 fully saturated rings. The number of nitrogens with zero attached hydrogens (tertiary/aromatic N) is 1. The summed E-state index contributed by atoms with van der Waals surface area (Å²) in [6.07, 6.45) is 3.22. The zero-order valence-corrected chi connectivity index (χ0v) is 5.35. The van der Waals surface area contributed by atoms with E-state index in [2.05, 4.69) is 11.0 Å². The fourth-order valence-corrected chi connectivity index (χ4v) is 0.887. The molecular formula is C6H11NO. The average molecular weight is 113 g/mol. The number of hydrogen-bond donors (Lipinski definition) is 0. The Balaban J connectivity index is 2.49. The molecule has 0 unspecified atom stereocenters. The third kappa shape index (κ3) is 0.782. The molecule has 0 N–H and O–H groups in total. The summed E-state index contributed by atoms with van der Waals surface area (Å²) in [7, 11) is 3.73. The lowest BCUT2D eigenvalue weighted by molar-refractivity contribution is 0.191. The van der Waals surface area contributed by atoms with Crippen LogP contribution >= 0.6 is 0 Å². The van der Waals surface area contributed by atoms with Crippen molar-refractivity contribution in [3.8, 4) is 0 Å². The lowest BCUT2D eigenvalue weighted by Gasteiger charge is -2.12. The van der Waals surface area contributed by atoms with Gasteiger partial charge >= 0.3 is 0 Å². The Morgan fingerprint density at radius 2 is 2.50 bits per heavy atom. The maximum atomic E-state index is 5.01. The third-order valence-corrected chi connectivity index (χ3v) is 1.37. The quantitative estimate of drug-likeness (QED) is 0.499. The molecule has 0 aliphatic carbocycles. The van der Waals surface area contributed by atoms with E-state index < -0.39 is 0 Å². The van der Waals surface area contributed by atoms with Crippen LogP contribution in [0.4, 0.5) is 0 Å². The lowest BCUT2D eigenvalue weighted by Crippen LogP contribution is -2.13. The van der Waals surface area contributed by atoms with E-state index in [0.29, 0.717) is 0 Å². The minimum Gasteiger partial charge on any atom is -0.483 e. The summed E-state index contributed by atoms with van der Waals surface area (Å²) in [5, 5.41) is 0. The fraction of sp³-hybridized carbons (Fsp3) is 0.667. The minimum atomic E-state index is 1.00. The van der Waals surface area contributed by atoms with Gasteiger partial charge in [-0.25, -0.2) is 0 Å². The summed E-state index contributed by atoms with van der Waals surface area (Å²) in [4.78, 5) is 2.10. The second-order valence-corrected chi connectivity index (χ2v) is 1.96. The zero-order valence-electron chi connectivity index (χ0n) is 5.35. The highest BCUT2D eigenvalue weighted by molar-refractivity contribution is 4.98.